The summed E-state index contributed by atoms with van der Waals surface area (Å²) in [6.07, 6.45) is 11.5. The van der Waals surface area contributed by atoms with Crippen molar-refractivity contribution in [2.24, 2.45) is 4.99 Å². The van der Waals surface area contributed by atoms with E-state index in [9.17, 15) is 0 Å². The SMILES string of the molecule is CN=C(NCCCN1CCCCCC1)NCc1nnc2n1CCCCC2. The minimum absolute atomic E-state index is 0.679. The zero-order valence-corrected chi connectivity index (χ0v) is 16.3. The summed E-state index contributed by atoms with van der Waals surface area (Å²) in [5.74, 6) is 3.01. The Morgan fingerprint density at radius 2 is 1.73 bits per heavy atom. The van der Waals surface area contributed by atoms with Crippen LogP contribution >= 0.6 is 0 Å². The summed E-state index contributed by atoms with van der Waals surface area (Å²) in [6, 6.07) is 0. The molecule has 7 nitrogen and oxygen atoms in total. The van der Waals surface area contributed by atoms with Crippen LogP contribution in [0.15, 0.2) is 4.99 Å². The van der Waals surface area contributed by atoms with Crippen molar-refractivity contribution in [3.63, 3.8) is 0 Å². The highest BCUT2D eigenvalue weighted by molar-refractivity contribution is 5.79. The number of likely N-dealkylation sites (tertiary alicyclic amines) is 1. The normalized spacial score (nSPS) is 19.5. The fourth-order valence-electron chi connectivity index (χ4n) is 3.93. The maximum Gasteiger partial charge on any atom is 0.191 e. The Bertz CT molecular complexity index is 558. The topological polar surface area (TPSA) is 70.4 Å². The van der Waals surface area contributed by atoms with Gasteiger partial charge in [-0.15, -0.1) is 10.2 Å². The van der Waals surface area contributed by atoms with Crippen molar-refractivity contribution in [1.82, 2.24) is 30.3 Å². The van der Waals surface area contributed by atoms with Crippen molar-refractivity contribution in [3.05, 3.63) is 11.6 Å². The third kappa shape index (κ3) is 5.69. The van der Waals surface area contributed by atoms with Gasteiger partial charge < -0.3 is 20.1 Å². The van der Waals surface area contributed by atoms with E-state index in [0.29, 0.717) is 6.54 Å². The molecule has 3 heterocycles. The molecule has 0 radical (unpaired) electrons. The van der Waals surface area contributed by atoms with Crippen molar-refractivity contribution in [2.75, 3.05) is 33.2 Å². The van der Waals surface area contributed by atoms with Gasteiger partial charge >= 0.3 is 0 Å². The number of aryl methyl sites for hydroxylation is 1. The van der Waals surface area contributed by atoms with E-state index in [1.54, 1.807) is 0 Å². The number of guanidine groups is 1. The molecule has 0 atom stereocenters. The van der Waals surface area contributed by atoms with E-state index in [4.69, 9.17) is 0 Å². The van der Waals surface area contributed by atoms with Crippen LogP contribution in [0, 0.1) is 0 Å². The Labute approximate surface area is 157 Å². The fourth-order valence-corrected chi connectivity index (χ4v) is 3.93. The first kappa shape index (κ1) is 19.1. The molecule has 0 unspecified atom stereocenters. The number of rotatable bonds is 6. The van der Waals surface area contributed by atoms with Gasteiger partial charge in [-0.25, -0.2) is 0 Å². The summed E-state index contributed by atoms with van der Waals surface area (Å²) in [5.41, 5.74) is 0. The van der Waals surface area contributed by atoms with E-state index in [1.165, 1.54) is 64.6 Å². The monoisotopic (exact) mass is 361 g/mol. The Kier molecular flexibility index (Phi) is 7.73. The zero-order valence-electron chi connectivity index (χ0n) is 16.3. The third-order valence-corrected chi connectivity index (χ3v) is 5.47. The molecule has 1 aromatic rings. The lowest BCUT2D eigenvalue weighted by Gasteiger charge is -2.20. The molecule has 2 aliphatic rings. The maximum absolute atomic E-state index is 4.37. The molecule has 3 rings (SSSR count). The van der Waals surface area contributed by atoms with Gasteiger partial charge in [-0.3, -0.25) is 4.99 Å². The van der Waals surface area contributed by atoms with Gasteiger partial charge in [0.25, 0.3) is 0 Å². The van der Waals surface area contributed by atoms with Gasteiger partial charge in [0.15, 0.2) is 11.8 Å². The Morgan fingerprint density at radius 1 is 0.962 bits per heavy atom. The summed E-state index contributed by atoms with van der Waals surface area (Å²) in [5, 5.41) is 15.6. The molecule has 0 saturated carbocycles. The van der Waals surface area contributed by atoms with Gasteiger partial charge in [-0.05, 0) is 51.7 Å². The number of aromatic nitrogens is 3. The van der Waals surface area contributed by atoms with Crippen molar-refractivity contribution in [3.8, 4) is 0 Å². The van der Waals surface area contributed by atoms with Crippen LogP contribution < -0.4 is 10.6 Å². The van der Waals surface area contributed by atoms with Gasteiger partial charge in [0.2, 0.25) is 0 Å². The summed E-state index contributed by atoms with van der Waals surface area (Å²) >= 11 is 0. The van der Waals surface area contributed by atoms with Crippen LogP contribution in [0.4, 0.5) is 0 Å². The molecule has 0 bridgehead atoms. The molecule has 0 aromatic carbocycles. The highest BCUT2D eigenvalue weighted by Gasteiger charge is 2.14. The average molecular weight is 362 g/mol. The Morgan fingerprint density at radius 3 is 2.54 bits per heavy atom. The highest BCUT2D eigenvalue weighted by atomic mass is 15.3. The summed E-state index contributed by atoms with van der Waals surface area (Å²) in [6.45, 7) is 6.39. The first-order chi connectivity index (χ1) is 12.9. The van der Waals surface area contributed by atoms with E-state index in [-0.39, 0.29) is 0 Å². The smallest absolute Gasteiger partial charge is 0.191 e. The van der Waals surface area contributed by atoms with Crippen LogP contribution in [0.2, 0.25) is 0 Å². The molecule has 1 fully saturated rings. The number of nitrogens with one attached hydrogen (secondary N) is 2. The number of fused-ring (bicyclic) bond motifs is 1. The molecule has 0 amide bonds. The molecular formula is C19H35N7. The summed E-state index contributed by atoms with van der Waals surface area (Å²) in [4.78, 5) is 6.95. The minimum Gasteiger partial charge on any atom is -0.356 e. The zero-order chi connectivity index (χ0) is 18.0. The molecule has 146 valence electrons. The highest BCUT2D eigenvalue weighted by Crippen LogP contribution is 2.14. The largest absolute Gasteiger partial charge is 0.356 e. The van der Waals surface area contributed by atoms with Gasteiger partial charge in [0, 0.05) is 26.6 Å². The average Bonchev–Trinajstić information content (AvgIpc) is 2.87. The number of nitrogens with zero attached hydrogens (tertiary/aromatic N) is 5. The Hall–Kier alpha value is -1.63. The second-order valence-electron chi connectivity index (χ2n) is 7.46. The Balaban J connectivity index is 1.37. The molecule has 0 spiro atoms. The minimum atomic E-state index is 0.679. The molecule has 2 aliphatic heterocycles. The first-order valence-electron chi connectivity index (χ1n) is 10.4. The van der Waals surface area contributed by atoms with Crippen molar-refractivity contribution < 1.29 is 0 Å². The van der Waals surface area contributed by atoms with Crippen LogP contribution in [0.5, 0.6) is 0 Å². The fraction of sp³-hybridized carbons (Fsp3) is 0.842. The van der Waals surface area contributed by atoms with Gasteiger partial charge in [-0.2, -0.15) is 0 Å². The lowest BCUT2D eigenvalue weighted by molar-refractivity contribution is 0.282. The van der Waals surface area contributed by atoms with E-state index in [1.807, 2.05) is 7.05 Å². The lowest BCUT2D eigenvalue weighted by Crippen LogP contribution is -2.39. The molecule has 0 aliphatic carbocycles. The van der Waals surface area contributed by atoms with Crippen LogP contribution in [0.3, 0.4) is 0 Å². The predicted octanol–water partition coefficient (Wildman–Crippen LogP) is 1.94. The van der Waals surface area contributed by atoms with E-state index >= 15 is 0 Å². The van der Waals surface area contributed by atoms with Crippen LogP contribution in [-0.2, 0) is 19.5 Å². The van der Waals surface area contributed by atoms with Crippen molar-refractivity contribution >= 4 is 5.96 Å². The van der Waals surface area contributed by atoms with Gasteiger partial charge in [0.1, 0.15) is 5.82 Å². The van der Waals surface area contributed by atoms with Crippen LogP contribution in [0.25, 0.3) is 0 Å². The number of hydrogen-bond donors (Lipinski definition) is 2. The predicted molar refractivity (Wildman–Crippen MR) is 105 cm³/mol. The second kappa shape index (κ2) is 10.5. The van der Waals surface area contributed by atoms with Crippen LogP contribution in [-0.4, -0.2) is 58.9 Å². The van der Waals surface area contributed by atoms with Crippen molar-refractivity contribution in [2.45, 2.75) is 70.9 Å². The van der Waals surface area contributed by atoms with E-state index in [0.717, 1.165) is 43.5 Å². The lowest BCUT2D eigenvalue weighted by atomic mass is 10.2. The molecule has 1 aromatic heterocycles. The van der Waals surface area contributed by atoms with Crippen molar-refractivity contribution in [1.29, 1.82) is 0 Å². The quantitative estimate of drug-likeness (QED) is 0.460. The van der Waals surface area contributed by atoms with Gasteiger partial charge in [-0.1, -0.05) is 19.3 Å². The molecule has 1 saturated heterocycles. The second-order valence-corrected chi connectivity index (χ2v) is 7.46. The maximum atomic E-state index is 4.37. The summed E-state index contributed by atoms with van der Waals surface area (Å²) in [7, 11) is 1.83. The molecule has 7 heteroatoms. The van der Waals surface area contributed by atoms with Crippen LogP contribution in [0.1, 0.15) is 63.0 Å². The molecular weight excluding hydrogens is 326 g/mol. The van der Waals surface area contributed by atoms with E-state index in [2.05, 4.69) is 35.3 Å². The number of hydrogen-bond acceptors (Lipinski definition) is 4. The first-order valence-corrected chi connectivity index (χ1v) is 10.4. The van der Waals surface area contributed by atoms with E-state index < -0.39 is 0 Å². The molecule has 2 N–H and O–H groups in total. The third-order valence-electron chi connectivity index (χ3n) is 5.47. The summed E-state index contributed by atoms with van der Waals surface area (Å²) < 4.78 is 2.28. The van der Waals surface area contributed by atoms with Gasteiger partial charge in [0.05, 0.1) is 6.54 Å². The number of aliphatic imine (C=N–C) groups is 1. The standard InChI is InChI=1S/C19H35N7/c1-20-19(21-11-9-14-25-12-6-2-3-7-13-25)22-16-18-24-23-17-10-5-4-8-15-26(17)18/h2-16H2,1H3,(H2,20,21,22). The molecule has 26 heavy (non-hydrogen) atoms.